The van der Waals surface area contributed by atoms with Gasteiger partial charge in [0.05, 0.1) is 13.5 Å². The van der Waals surface area contributed by atoms with Crippen LogP contribution in [0.15, 0.2) is 18.2 Å². The zero-order valence-electron chi connectivity index (χ0n) is 8.75. The van der Waals surface area contributed by atoms with Crippen LogP contribution in [-0.2, 0) is 11.2 Å². The smallest absolute Gasteiger partial charge is 0.497 e. The Bertz CT molecular complexity index is 415. The Morgan fingerprint density at radius 3 is 2.53 bits per heavy atom. The molecular formula is C10H9F3O4. The van der Waals surface area contributed by atoms with E-state index in [0.717, 1.165) is 6.07 Å². The van der Waals surface area contributed by atoms with Crippen LogP contribution in [0.2, 0.25) is 0 Å². The number of aliphatic carboxylic acids is 1. The summed E-state index contributed by atoms with van der Waals surface area (Å²) in [5, 5.41) is 8.55. The number of rotatable bonds is 4. The average molecular weight is 250 g/mol. The molecule has 17 heavy (non-hydrogen) atoms. The highest BCUT2D eigenvalue weighted by Gasteiger charge is 2.32. The van der Waals surface area contributed by atoms with E-state index in [2.05, 4.69) is 4.74 Å². The van der Waals surface area contributed by atoms with Gasteiger partial charge in [0.15, 0.2) is 0 Å². The fourth-order valence-electron chi connectivity index (χ4n) is 1.19. The first-order chi connectivity index (χ1) is 7.81. The number of benzene rings is 1. The first-order valence-corrected chi connectivity index (χ1v) is 4.46. The van der Waals surface area contributed by atoms with Crippen molar-refractivity contribution >= 4 is 5.97 Å². The fourth-order valence-corrected chi connectivity index (χ4v) is 1.19. The molecule has 0 amide bonds. The Morgan fingerprint density at radius 2 is 2.06 bits per heavy atom. The second-order valence-corrected chi connectivity index (χ2v) is 3.09. The van der Waals surface area contributed by atoms with Gasteiger partial charge in [-0.1, -0.05) is 6.07 Å². The summed E-state index contributed by atoms with van der Waals surface area (Å²) >= 11 is 0. The van der Waals surface area contributed by atoms with Gasteiger partial charge in [0.25, 0.3) is 0 Å². The third kappa shape index (κ3) is 4.21. The standard InChI is InChI=1S/C10H9F3O4/c1-16-7-3-2-6(4-9(14)15)8(5-7)17-10(11,12)13/h2-3,5H,4H2,1H3,(H,14,15). The van der Waals surface area contributed by atoms with Crippen LogP contribution in [0.1, 0.15) is 5.56 Å². The van der Waals surface area contributed by atoms with Crippen molar-refractivity contribution in [3.8, 4) is 11.5 Å². The average Bonchev–Trinajstić information content (AvgIpc) is 2.17. The topological polar surface area (TPSA) is 55.8 Å². The van der Waals surface area contributed by atoms with Gasteiger partial charge in [-0.15, -0.1) is 13.2 Å². The van der Waals surface area contributed by atoms with Gasteiger partial charge in [-0.3, -0.25) is 4.79 Å². The summed E-state index contributed by atoms with van der Waals surface area (Å²) in [5.74, 6) is -1.67. The summed E-state index contributed by atoms with van der Waals surface area (Å²) in [4.78, 5) is 10.5. The maximum absolute atomic E-state index is 12.1. The Balaban J connectivity index is 3.07. The minimum Gasteiger partial charge on any atom is -0.497 e. The van der Waals surface area contributed by atoms with Crippen molar-refractivity contribution in [1.82, 2.24) is 0 Å². The molecule has 0 heterocycles. The number of carbonyl (C=O) groups is 1. The van der Waals surface area contributed by atoms with Gasteiger partial charge in [-0.05, 0) is 6.07 Å². The van der Waals surface area contributed by atoms with Crippen molar-refractivity contribution in [2.75, 3.05) is 7.11 Å². The lowest BCUT2D eigenvalue weighted by molar-refractivity contribution is -0.275. The summed E-state index contributed by atoms with van der Waals surface area (Å²) in [6, 6.07) is 3.57. The molecule has 0 aliphatic rings. The maximum Gasteiger partial charge on any atom is 0.573 e. The van der Waals surface area contributed by atoms with E-state index in [4.69, 9.17) is 9.84 Å². The lowest BCUT2D eigenvalue weighted by Gasteiger charge is -2.13. The Hall–Kier alpha value is -1.92. The molecule has 0 atom stereocenters. The quantitative estimate of drug-likeness (QED) is 0.890. The van der Waals surface area contributed by atoms with Crippen LogP contribution in [0, 0.1) is 0 Å². The van der Waals surface area contributed by atoms with Crippen LogP contribution in [0.5, 0.6) is 11.5 Å². The van der Waals surface area contributed by atoms with Gasteiger partial charge in [-0.2, -0.15) is 0 Å². The molecule has 1 aromatic carbocycles. The van der Waals surface area contributed by atoms with Crippen molar-refractivity contribution in [2.45, 2.75) is 12.8 Å². The largest absolute Gasteiger partial charge is 0.573 e. The van der Waals surface area contributed by atoms with E-state index in [9.17, 15) is 18.0 Å². The first-order valence-electron chi connectivity index (χ1n) is 4.46. The summed E-state index contributed by atoms with van der Waals surface area (Å²) in [6.07, 6.45) is -5.44. The number of hydrogen-bond acceptors (Lipinski definition) is 3. The van der Waals surface area contributed by atoms with Crippen LogP contribution >= 0.6 is 0 Å². The molecule has 0 spiro atoms. The molecule has 7 heteroatoms. The normalized spacial score (nSPS) is 11.1. The molecule has 4 nitrogen and oxygen atoms in total. The van der Waals surface area contributed by atoms with Crippen molar-refractivity contribution in [1.29, 1.82) is 0 Å². The van der Waals surface area contributed by atoms with E-state index in [1.54, 1.807) is 0 Å². The Morgan fingerprint density at radius 1 is 1.41 bits per heavy atom. The van der Waals surface area contributed by atoms with Crippen molar-refractivity contribution < 1.29 is 32.5 Å². The minimum absolute atomic E-state index is 0.0735. The molecule has 1 rings (SSSR count). The number of halogens is 3. The van der Waals surface area contributed by atoms with E-state index in [1.807, 2.05) is 0 Å². The van der Waals surface area contributed by atoms with Crippen molar-refractivity contribution in [3.05, 3.63) is 23.8 Å². The van der Waals surface area contributed by atoms with Crippen LogP contribution in [0.4, 0.5) is 13.2 Å². The van der Waals surface area contributed by atoms with Crippen molar-refractivity contribution in [2.24, 2.45) is 0 Å². The lowest BCUT2D eigenvalue weighted by atomic mass is 10.1. The van der Waals surface area contributed by atoms with Gasteiger partial charge in [0, 0.05) is 11.6 Å². The third-order valence-corrected chi connectivity index (χ3v) is 1.84. The van der Waals surface area contributed by atoms with Crippen LogP contribution in [0.25, 0.3) is 0 Å². The zero-order valence-corrected chi connectivity index (χ0v) is 8.75. The molecule has 0 saturated carbocycles. The van der Waals surface area contributed by atoms with Crippen molar-refractivity contribution in [3.63, 3.8) is 0 Å². The predicted molar refractivity (Wildman–Crippen MR) is 51.0 cm³/mol. The Labute approximate surface area is 94.6 Å². The molecular weight excluding hydrogens is 241 g/mol. The number of carboxylic acids is 1. The highest BCUT2D eigenvalue weighted by atomic mass is 19.4. The van der Waals surface area contributed by atoms with E-state index in [0.29, 0.717) is 0 Å². The molecule has 0 aliphatic heterocycles. The number of hydrogen-bond donors (Lipinski definition) is 1. The van der Waals surface area contributed by atoms with E-state index in [-0.39, 0.29) is 11.3 Å². The summed E-state index contributed by atoms with van der Waals surface area (Å²) in [7, 11) is 1.28. The third-order valence-electron chi connectivity index (χ3n) is 1.84. The molecule has 1 aromatic rings. The highest BCUT2D eigenvalue weighted by molar-refractivity contribution is 5.71. The van der Waals surface area contributed by atoms with Crippen LogP contribution in [0.3, 0.4) is 0 Å². The zero-order chi connectivity index (χ0) is 13.1. The molecule has 0 bridgehead atoms. The lowest BCUT2D eigenvalue weighted by Crippen LogP contribution is -2.18. The van der Waals surface area contributed by atoms with Gasteiger partial charge in [0.2, 0.25) is 0 Å². The molecule has 0 aromatic heterocycles. The molecule has 94 valence electrons. The van der Waals surface area contributed by atoms with Gasteiger partial charge in [-0.25, -0.2) is 0 Å². The van der Waals surface area contributed by atoms with Gasteiger partial charge in [0.1, 0.15) is 11.5 Å². The van der Waals surface area contributed by atoms with Gasteiger partial charge >= 0.3 is 12.3 Å². The molecule has 0 fully saturated rings. The van der Waals surface area contributed by atoms with E-state index < -0.39 is 24.5 Å². The molecule has 0 radical (unpaired) electrons. The Kier molecular flexibility index (Phi) is 3.82. The van der Waals surface area contributed by atoms with Gasteiger partial charge < -0.3 is 14.6 Å². The molecule has 0 aliphatic carbocycles. The summed E-state index contributed by atoms with van der Waals surface area (Å²) < 4.78 is 44.7. The van der Waals surface area contributed by atoms with E-state index >= 15 is 0 Å². The maximum atomic E-state index is 12.1. The SMILES string of the molecule is COc1ccc(CC(=O)O)c(OC(F)(F)F)c1. The molecule has 0 unspecified atom stereocenters. The molecule has 1 N–H and O–H groups in total. The molecule has 0 saturated heterocycles. The highest BCUT2D eigenvalue weighted by Crippen LogP contribution is 2.30. The number of alkyl halides is 3. The van der Waals surface area contributed by atoms with E-state index in [1.165, 1.54) is 19.2 Å². The predicted octanol–water partition coefficient (Wildman–Crippen LogP) is 2.22. The van der Waals surface area contributed by atoms with Crippen LogP contribution in [-0.4, -0.2) is 24.5 Å². The first kappa shape index (κ1) is 13.1. The minimum atomic E-state index is -4.88. The number of methoxy groups -OCH3 is 1. The monoisotopic (exact) mass is 250 g/mol. The second-order valence-electron chi connectivity index (χ2n) is 3.09. The number of carboxylic acid groups (broad SMARTS) is 1. The summed E-state index contributed by atoms with van der Waals surface area (Å²) in [5.41, 5.74) is -0.0735. The fraction of sp³-hybridized carbons (Fsp3) is 0.300. The van der Waals surface area contributed by atoms with Crippen LogP contribution < -0.4 is 9.47 Å². The number of ether oxygens (including phenoxy) is 2. The summed E-state index contributed by atoms with van der Waals surface area (Å²) in [6.45, 7) is 0. The second kappa shape index (κ2) is 4.94.